The Bertz CT molecular complexity index is 2290. The molecule has 2 aromatic carbocycles. The van der Waals surface area contributed by atoms with Gasteiger partial charge in [-0.05, 0) is 91.9 Å². The highest BCUT2D eigenvalue weighted by atomic mass is 16.8. The van der Waals surface area contributed by atoms with Gasteiger partial charge in [0.1, 0.15) is 36.6 Å². The predicted octanol–water partition coefficient (Wildman–Crippen LogP) is 6.70. The second kappa shape index (κ2) is 29.3. The fourth-order valence-electron chi connectivity index (χ4n) is 11.2. The molecule has 0 aliphatic carbocycles. The van der Waals surface area contributed by atoms with E-state index in [2.05, 4.69) is 5.32 Å². The summed E-state index contributed by atoms with van der Waals surface area (Å²) in [7, 11) is 4.47. The van der Waals surface area contributed by atoms with E-state index in [1.807, 2.05) is 55.1 Å². The molecule has 3 heterocycles. The van der Waals surface area contributed by atoms with E-state index in [0.717, 1.165) is 5.56 Å². The first-order chi connectivity index (χ1) is 37.7. The average molecular weight is 1130 g/mol. The molecule has 3 N–H and O–H groups in total. The maximum absolute atomic E-state index is 14.9. The molecule has 3 aliphatic rings. The summed E-state index contributed by atoms with van der Waals surface area (Å²) in [6.07, 6.45) is -13.4. The van der Waals surface area contributed by atoms with Gasteiger partial charge in [-0.2, -0.15) is 0 Å². The van der Waals surface area contributed by atoms with Crippen LogP contribution in [0, 0.1) is 17.8 Å². The molecule has 0 spiro atoms. The van der Waals surface area contributed by atoms with E-state index in [1.54, 1.807) is 86.6 Å². The molecule has 2 aromatic rings. The monoisotopic (exact) mass is 1130 g/mol. The van der Waals surface area contributed by atoms with Crippen molar-refractivity contribution in [3.05, 3.63) is 71.8 Å². The van der Waals surface area contributed by atoms with Gasteiger partial charge < -0.3 is 72.5 Å². The van der Waals surface area contributed by atoms with Crippen molar-refractivity contribution in [3.63, 3.8) is 0 Å². The second-order valence-corrected chi connectivity index (χ2v) is 22.5. The summed E-state index contributed by atoms with van der Waals surface area (Å²) >= 11 is 0. The van der Waals surface area contributed by atoms with Gasteiger partial charge in [0, 0.05) is 39.5 Å². The van der Waals surface area contributed by atoms with Crippen molar-refractivity contribution in [2.75, 3.05) is 40.9 Å². The highest BCUT2D eigenvalue weighted by molar-refractivity contribution is 5.79. The summed E-state index contributed by atoms with van der Waals surface area (Å²) in [6, 6.07) is 16.2. The first kappa shape index (κ1) is 65.8. The van der Waals surface area contributed by atoms with E-state index in [9.17, 15) is 34.2 Å². The number of nitrogens with one attached hydrogen (secondary N) is 1. The van der Waals surface area contributed by atoms with Crippen molar-refractivity contribution in [2.45, 2.75) is 212 Å². The molecule has 0 saturated carbocycles. The Morgan fingerprint density at radius 3 is 1.90 bits per heavy atom. The van der Waals surface area contributed by atoms with Crippen LogP contribution in [0.5, 0.6) is 0 Å². The topological polar surface area (TPSA) is 246 Å². The lowest BCUT2D eigenvalue weighted by Gasteiger charge is -2.50. The molecule has 18 atom stereocenters. The molecule has 5 rings (SSSR count). The number of nitrogens with zero attached hydrogens (tertiary/aromatic N) is 2. The first-order valence-corrected chi connectivity index (χ1v) is 28.1. The zero-order valence-electron chi connectivity index (χ0n) is 49.6. The molecular formula is C59H91N3O18. The SMILES string of the molecule is CC[C@H]1OC(=O)[C@H](C)[C@@H](O[C@H]2C[C@@](C)(OC)[C@@H](OC(=O)CN(CC)CC)[C@H](C)O2)[C@H](C)[C@@H](O[C@@H]2O[C@H](C)C[C@H](N(C)C(=O)OCc3ccccc3)[C@H]2OC(=O)OCc2ccccc2)[C@](C)(OC)C[C@@H](C)C(=O)N[C@H](C)[C@@H](O)[C@]1(C)O. The van der Waals surface area contributed by atoms with Gasteiger partial charge in [0.25, 0.3) is 0 Å². The number of amides is 2. The lowest BCUT2D eigenvalue weighted by molar-refractivity contribution is -0.320. The molecule has 0 aromatic heterocycles. The Morgan fingerprint density at radius 1 is 0.762 bits per heavy atom. The summed E-state index contributed by atoms with van der Waals surface area (Å²) in [5, 5.41) is 26.5. The third-order valence-corrected chi connectivity index (χ3v) is 16.3. The summed E-state index contributed by atoms with van der Waals surface area (Å²) in [5.41, 5.74) is -3.31. The number of aliphatic hydroxyl groups excluding tert-OH is 1. The third-order valence-electron chi connectivity index (χ3n) is 16.3. The van der Waals surface area contributed by atoms with Crippen LogP contribution >= 0.6 is 0 Å². The predicted molar refractivity (Wildman–Crippen MR) is 292 cm³/mol. The van der Waals surface area contributed by atoms with E-state index in [4.69, 9.17) is 52.1 Å². The van der Waals surface area contributed by atoms with Gasteiger partial charge in [-0.25, -0.2) is 9.59 Å². The molecule has 0 unspecified atom stereocenters. The maximum Gasteiger partial charge on any atom is 0.509 e. The van der Waals surface area contributed by atoms with Gasteiger partial charge in [0.15, 0.2) is 24.8 Å². The van der Waals surface area contributed by atoms with Crippen LogP contribution in [0.2, 0.25) is 0 Å². The van der Waals surface area contributed by atoms with E-state index >= 15 is 0 Å². The second-order valence-electron chi connectivity index (χ2n) is 22.5. The summed E-state index contributed by atoms with van der Waals surface area (Å²) in [4.78, 5) is 73.8. The molecule has 2 amide bonds. The first-order valence-electron chi connectivity index (χ1n) is 28.1. The molecule has 0 radical (unpaired) electrons. The van der Waals surface area contributed by atoms with Gasteiger partial charge in [0.05, 0.1) is 54.6 Å². The lowest BCUT2D eigenvalue weighted by Crippen LogP contribution is -2.62. The number of benzene rings is 2. The Labute approximate surface area is 472 Å². The normalized spacial score (nSPS) is 35.6. The van der Waals surface area contributed by atoms with Crippen LogP contribution < -0.4 is 5.32 Å². The van der Waals surface area contributed by atoms with Crippen molar-refractivity contribution >= 4 is 30.1 Å². The number of carbonyl (C=O) groups is 5. The molecule has 3 saturated heterocycles. The fourth-order valence-corrected chi connectivity index (χ4v) is 11.2. The minimum Gasteiger partial charge on any atom is -0.459 e. The number of likely N-dealkylation sites (N-methyl/N-ethyl adjacent to an activating group) is 2. The van der Waals surface area contributed by atoms with Crippen LogP contribution in [0.15, 0.2) is 60.7 Å². The van der Waals surface area contributed by atoms with Crippen molar-refractivity contribution in [2.24, 2.45) is 17.8 Å². The molecule has 21 nitrogen and oxygen atoms in total. The van der Waals surface area contributed by atoms with Gasteiger partial charge >= 0.3 is 24.2 Å². The average Bonchev–Trinajstić information content (AvgIpc) is 3.44. The van der Waals surface area contributed by atoms with Crippen molar-refractivity contribution < 1.29 is 86.3 Å². The molecule has 3 aliphatic heterocycles. The smallest absolute Gasteiger partial charge is 0.459 e. The number of hydrogen-bond donors (Lipinski definition) is 3. The number of aliphatic hydroxyl groups is 2. The quantitative estimate of drug-likeness (QED) is 0.104. The van der Waals surface area contributed by atoms with Crippen LogP contribution in [0.4, 0.5) is 9.59 Å². The van der Waals surface area contributed by atoms with Crippen molar-refractivity contribution in [3.8, 4) is 0 Å². The summed E-state index contributed by atoms with van der Waals surface area (Å²) in [5.74, 6) is -4.84. The van der Waals surface area contributed by atoms with Crippen LogP contribution in [0.25, 0.3) is 0 Å². The zero-order chi connectivity index (χ0) is 59.3. The van der Waals surface area contributed by atoms with Crippen molar-refractivity contribution in [1.29, 1.82) is 0 Å². The molecule has 21 heteroatoms. The number of ether oxygens (including phenoxy) is 11. The van der Waals surface area contributed by atoms with Crippen LogP contribution in [0.1, 0.15) is 120 Å². The molecule has 3 fully saturated rings. The highest BCUT2D eigenvalue weighted by Crippen LogP contribution is 2.42. The maximum atomic E-state index is 14.9. The fraction of sp³-hybridized carbons (Fsp3) is 0.712. The number of esters is 2. The lowest BCUT2D eigenvalue weighted by atomic mass is 9.77. The number of rotatable bonds is 18. The standard InChI is InChI=1S/C59H91N3O18/c1-16-44-59(12,69)49(64)39(8)60-52(65)35(4)30-57(10,70-14)50(37(6)47(38(7)53(66)76-44)78-46-31-58(11,71-15)51(40(9)75-46)77-45(63)32-62(17-2)18-3)80-54-48(79-56(68)73-34-42-27-23-20-24-28-42)43(29-36(5)74-54)61(13)55(67)72-33-41-25-21-19-22-26-41/h19-28,35-40,43-44,46-51,54,64,69H,16-18,29-34H2,1-15H3,(H,60,65)/t35-,36-,37+,38-,39-,40+,43+,44-,46+,47+,48-,49-,50-,51+,54+,57-,58-,59-/m1/s1. The molecular weight excluding hydrogens is 1040 g/mol. The largest absolute Gasteiger partial charge is 0.509 e. The van der Waals surface area contributed by atoms with Crippen LogP contribution in [-0.4, -0.2) is 181 Å². The summed E-state index contributed by atoms with van der Waals surface area (Å²) < 4.78 is 69.9. The van der Waals surface area contributed by atoms with Gasteiger partial charge in [-0.15, -0.1) is 0 Å². The number of hydrogen-bond acceptors (Lipinski definition) is 19. The van der Waals surface area contributed by atoms with Gasteiger partial charge in [-0.1, -0.05) is 95.3 Å². The van der Waals surface area contributed by atoms with E-state index in [1.165, 1.54) is 33.1 Å². The van der Waals surface area contributed by atoms with Crippen LogP contribution in [0.3, 0.4) is 0 Å². The van der Waals surface area contributed by atoms with E-state index in [-0.39, 0.29) is 45.4 Å². The van der Waals surface area contributed by atoms with Gasteiger partial charge in [0.2, 0.25) is 5.91 Å². The Morgan fingerprint density at radius 2 is 1.34 bits per heavy atom. The number of carbonyl (C=O) groups excluding carboxylic acids is 5. The number of cyclic esters (lactones) is 1. The number of methoxy groups -OCH3 is 2. The highest BCUT2D eigenvalue weighted by Gasteiger charge is 2.55. The van der Waals surface area contributed by atoms with Crippen molar-refractivity contribution in [1.82, 2.24) is 15.1 Å². The van der Waals surface area contributed by atoms with Crippen LogP contribution in [-0.2, 0) is 79.7 Å². The molecule has 80 heavy (non-hydrogen) atoms. The molecule has 450 valence electrons. The molecule has 0 bridgehead atoms. The Balaban J connectivity index is 1.64. The minimum atomic E-state index is -2.06. The Kier molecular flexibility index (Phi) is 24.1. The summed E-state index contributed by atoms with van der Waals surface area (Å²) in [6.45, 7) is 21.7. The minimum absolute atomic E-state index is 0.00133. The Hall–Kier alpha value is -4.97. The third kappa shape index (κ3) is 16.6. The van der Waals surface area contributed by atoms with Gasteiger partial charge in [-0.3, -0.25) is 19.3 Å². The zero-order valence-corrected chi connectivity index (χ0v) is 49.6. The van der Waals surface area contributed by atoms with E-state index < -0.39 is 138 Å². The van der Waals surface area contributed by atoms with E-state index in [0.29, 0.717) is 18.7 Å².